The molecule has 0 bridgehead atoms. The van der Waals surface area contributed by atoms with Crippen LogP contribution in [0.15, 0.2) is 23.3 Å². The van der Waals surface area contributed by atoms with Crippen molar-refractivity contribution < 1.29 is 10.0 Å². The zero-order valence-electron chi connectivity index (χ0n) is 17.2. The van der Waals surface area contributed by atoms with E-state index in [2.05, 4.69) is 30.3 Å². The predicted octanol–water partition coefficient (Wildman–Crippen LogP) is 2.28. The molecule has 4 rings (SSSR count). The van der Waals surface area contributed by atoms with Crippen LogP contribution in [0.3, 0.4) is 0 Å². The van der Waals surface area contributed by atoms with Crippen molar-refractivity contribution in [2.75, 3.05) is 41.4 Å². The molecule has 1 N–H and O–H groups in total. The summed E-state index contributed by atoms with van der Waals surface area (Å²) in [7, 11) is 0. The maximum Gasteiger partial charge on any atom is 0.262 e. The van der Waals surface area contributed by atoms with E-state index in [0.717, 1.165) is 57.9 Å². The third kappa shape index (κ3) is 5.16. The zero-order chi connectivity index (χ0) is 21.6. The monoisotopic (exact) mass is 425 g/mol. The van der Waals surface area contributed by atoms with Crippen LogP contribution in [-0.2, 0) is 0 Å². The molecule has 0 saturated carbocycles. The summed E-state index contributed by atoms with van der Waals surface area (Å²) in [4.78, 5) is 28.4. The maximum absolute atomic E-state index is 11.5. The van der Waals surface area contributed by atoms with Gasteiger partial charge in [0.25, 0.3) is 5.69 Å². The molecule has 2 aliphatic rings. The first-order chi connectivity index (χ1) is 15.1. The second kappa shape index (κ2) is 9.54. The molecule has 1 aromatic carbocycles. The summed E-state index contributed by atoms with van der Waals surface area (Å²) < 4.78 is 0. The van der Waals surface area contributed by atoms with E-state index in [9.17, 15) is 15.2 Å². The Bertz CT molecular complexity index is 919. The Morgan fingerprint density at radius 1 is 0.935 bits per heavy atom. The molecular formula is C20H25N8O3-. The summed E-state index contributed by atoms with van der Waals surface area (Å²) >= 11 is 0. The van der Waals surface area contributed by atoms with E-state index in [1.165, 1.54) is 31.2 Å². The van der Waals surface area contributed by atoms with Crippen molar-refractivity contribution in [3.05, 3.63) is 33.9 Å². The number of anilines is 3. The molecule has 11 heteroatoms. The summed E-state index contributed by atoms with van der Waals surface area (Å²) in [6.07, 6.45) is 8.27. The van der Waals surface area contributed by atoms with Crippen LogP contribution >= 0.6 is 0 Å². The molecule has 0 aliphatic carbocycles. The van der Waals surface area contributed by atoms with Gasteiger partial charge in [-0.05, 0) is 44.3 Å². The number of nitro groups is 1. The van der Waals surface area contributed by atoms with Crippen LogP contribution in [0, 0.1) is 10.1 Å². The molecule has 0 atom stereocenters. The van der Waals surface area contributed by atoms with Gasteiger partial charge in [-0.25, -0.2) is 5.43 Å². The minimum Gasteiger partial charge on any atom is -0.868 e. The highest BCUT2D eigenvalue weighted by Gasteiger charge is 2.20. The van der Waals surface area contributed by atoms with Crippen molar-refractivity contribution in [3.8, 4) is 5.75 Å². The van der Waals surface area contributed by atoms with Gasteiger partial charge in [-0.3, -0.25) is 10.1 Å². The molecule has 11 nitrogen and oxygen atoms in total. The first-order valence-electron chi connectivity index (χ1n) is 10.6. The van der Waals surface area contributed by atoms with Crippen molar-refractivity contribution in [2.45, 2.75) is 38.5 Å². The summed E-state index contributed by atoms with van der Waals surface area (Å²) in [6.45, 7) is 3.66. The van der Waals surface area contributed by atoms with Gasteiger partial charge in [0.05, 0.1) is 11.1 Å². The molecule has 2 saturated heterocycles. The zero-order valence-corrected chi connectivity index (χ0v) is 17.2. The Morgan fingerprint density at radius 3 is 2.06 bits per heavy atom. The number of piperidine rings is 2. The summed E-state index contributed by atoms with van der Waals surface area (Å²) in [6, 6.07) is 3.83. The van der Waals surface area contributed by atoms with E-state index in [0.29, 0.717) is 23.4 Å². The highest BCUT2D eigenvalue weighted by molar-refractivity contribution is 5.81. The highest BCUT2D eigenvalue weighted by atomic mass is 16.6. The molecule has 2 aliphatic heterocycles. The van der Waals surface area contributed by atoms with Crippen molar-refractivity contribution in [3.63, 3.8) is 0 Å². The van der Waals surface area contributed by atoms with Gasteiger partial charge < -0.3 is 14.9 Å². The summed E-state index contributed by atoms with van der Waals surface area (Å²) in [5, 5.41) is 26.6. The van der Waals surface area contributed by atoms with Gasteiger partial charge in [-0.1, -0.05) is 12.1 Å². The van der Waals surface area contributed by atoms with Crippen LogP contribution in [-0.4, -0.2) is 52.3 Å². The van der Waals surface area contributed by atoms with Crippen LogP contribution in [0.1, 0.15) is 44.1 Å². The van der Waals surface area contributed by atoms with Crippen LogP contribution < -0.4 is 20.3 Å². The number of rotatable bonds is 6. The molecule has 0 radical (unpaired) electrons. The Labute approximate surface area is 180 Å². The number of aromatic nitrogens is 3. The van der Waals surface area contributed by atoms with Crippen molar-refractivity contribution in [1.82, 2.24) is 15.0 Å². The molecule has 0 spiro atoms. The minimum atomic E-state index is -0.700. The standard InChI is InChI=1S/C20H26N8O3/c29-17-8-7-15(13-16(17)28(30)31)14-21-25-18-22-19(26-9-3-1-4-10-26)24-20(23-18)27-11-5-2-6-12-27/h7-8,13-14,29H,1-6,9-12H2,(H,22,23,24,25)/p-1/b21-14-. The van der Waals surface area contributed by atoms with E-state index in [4.69, 9.17) is 4.98 Å². The lowest BCUT2D eigenvalue weighted by Gasteiger charge is -2.30. The van der Waals surface area contributed by atoms with Crippen molar-refractivity contribution in [2.24, 2.45) is 5.10 Å². The molecule has 0 amide bonds. The lowest BCUT2D eigenvalue weighted by atomic mass is 10.1. The third-order valence-electron chi connectivity index (χ3n) is 5.45. The van der Waals surface area contributed by atoms with Gasteiger partial charge in [0.2, 0.25) is 17.8 Å². The largest absolute Gasteiger partial charge is 0.868 e. The fourth-order valence-corrected chi connectivity index (χ4v) is 3.80. The molecule has 2 fully saturated rings. The summed E-state index contributed by atoms with van der Waals surface area (Å²) in [5.74, 6) is 0.964. The molecule has 0 unspecified atom stereocenters. The van der Waals surface area contributed by atoms with Gasteiger partial charge in [0.1, 0.15) is 0 Å². The number of nitrogens with zero attached hydrogens (tertiary/aromatic N) is 7. The van der Waals surface area contributed by atoms with Gasteiger partial charge in [0.15, 0.2) is 0 Å². The SMILES string of the molecule is O=[N+]([O-])c1cc(/C=N\Nc2nc(N3CCCCC3)nc(N3CCCCC3)n2)ccc1[O-]. The van der Waals surface area contributed by atoms with Crippen molar-refractivity contribution >= 4 is 29.7 Å². The average Bonchev–Trinajstić information content (AvgIpc) is 2.81. The average molecular weight is 425 g/mol. The second-order valence-corrected chi connectivity index (χ2v) is 7.71. The molecule has 2 aromatic rings. The van der Waals surface area contributed by atoms with E-state index in [1.54, 1.807) is 0 Å². The van der Waals surface area contributed by atoms with Crippen LogP contribution in [0.5, 0.6) is 5.75 Å². The number of nitrogens with one attached hydrogen (secondary N) is 1. The predicted molar refractivity (Wildman–Crippen MR) is 116 cm³/mol. The van der Waals surface area contributed by atoms with Crippen molar-refractivity contribution in [1.29, 1.82) is 0 Å². The van der Waals surface area contributed by atoms with Crippen LogP contribution in [0.25, 0.3) is 0 Å². The normalized spacial score (nSPS) is 17.2. The number of nitro benzene ring substituents is 1. The maximum atomic E-state index is 11.5. The first-order valence-corrected chi connectivity index (χ1v) is 10.6. The second-order valence-electron chi connectivity index (χ2n) is 7.71. The molecular weight excluding hydrogens is 400 g/mol. The topological polar surface area (TPSA) is 136 Å². The van der Waals surface area contributed by atoms with Gasteiger partial charge in [0, 0.05) is 37.8 Å². The van der Waals surface area contributed by atoms with Crippen LogP contribution in [0.2, 0.25) is 0 Å². The molecule has 31 heavy (non-hydrogen) atoms. The van der Waals surface area contributed by atoms with E-state index < -0.39 is 16.4 Å². The van der Waals surface area contributed by atoms with Gasteiger partial charge >= 0.3 is 0 Å². The summed E-state index contributed by atoms with van der Waals surface area (Å²) in [5.41, 5.74) is 2.77. The van der Waals surface area contributed by atoms with E-state index in [-0.39, 0.29) is 0 Å². The van der Waals surface area contributed by atoms with Gasteiger partial charge in [-0.2, -0.15) is 20.1 Å². The number of hydrogen-bond donors (Lipinski definition) is 1. The van der Waals surface area contributed by atoms with E-state index >= 15 is 0 Å². The van der Waals surface area contributed by atoms with Gasteiger partial charge in [-0.15, -0.1) is 0 Å². The third-order valence-corrected chi connectivity index (χ3v) is 5.45. The molecule has 1 aromatic heterocycles. The smallest absolute Gasteiger partial charge is 0.262 e. The fraction of sp³-hybridized carbons (Fsp3) is 0.500. The lowest BCUT2D eigenvalue weighted by molar-refractivity contribution is -0.398. The van der Waals surface area contributed by atoms with E-state index in [1.807, 2.05) is 0 Å². The Balaban J connectivity index is 1.55. The molecule has 164 valence electrons. The lowest BCUT2D eigenvalue weighted by Crippen LogP contribution is -2.34. The Kier molecular flexibility index (Phi) is 6.39. The quantitative estimate of drug-likeness (QED) is 0.420. The Morgan fingerprint density at radius 2 is 1.52 bits per heavy atom. The minimum absolute atomic E-state index is 0.322. The number of benzene rings is 1. The number of hydrogen-bond acceptors (Lipinski definition) is 10. The fourth-order valence-electron chi connectivity index (χ4n) is 3.80. The Hall–Kier alpha value is -3.50. The first kappa shape index (κ1) is 20.8. The number of hydrazone groups is 1. The molecule has 3 heterocycles. The highest BCUT2D eigenvalue weighted by Crippen LogP contribution is 2.24. The van der Waals surface area contributed by atoms with Crippen LogP contribution in [0.4, 0.5) is 23.5 Å².